The molecular formula is C11H12F6. The Bertz CT molecular complexity index is 292. The molecule has 0 radical (unpaired) electrons. The van der Waals surface area contributed by atoms with Crippen molar-refractivity contribution in [3.05, 3.63) is 12.2 Å². The van der Waals surface area contributed by atoms with Gasteiger partial charge in [0.1, 0.15) is 0 Å². The number of alkyl halides is 6. The molecule has 0 bridgehead atoms. The van der Waals surface area contributed by atoms with Gasteiger partial charge < -0.3 is 0 Å². The highest BCUT2D eigenvalue weighted by molar-refractivity contribution is 5.19. The Hall–Kier alpha value is -0.680. The molecule has 98 valence electrons. The molecule has 0 nitrogen and oxygen atoms in total. The van der Waals surface area contributed by atoms with Crippen LogP contribution in [-0.2, 0) is 0 Å². The van der Waals surface area contributed by atoms with Gasteiger partial charge in [0.2, 0.25) is 0 Å². The molecule has 1 fully saturated rings. The molecule has 1 saturated carbocycles. The second-order valence-corrected chi connectivity index (χ2v) is 4.70. The van der Waals surface area contributed by atoms with Gasteiger partial charge in [-0.25, -0.2) is 0 Å². The Labute approximate surface area is 94.7 Å². The zero-order valence-electron chi connectivity index (χ0n) is 8.91. The van der Waals surface area contributed by atoms with E-state index in [1.807, 2.05) is 0 Å². The Morgan fingerprint density at radius 1 is 0.765 bits per heavy atom. The van der Waals surface area contributed by atoms with Gasteiger partial charge in [0, 0.05) is 0 Å². The van der Waals surface area contributed by atoms with Crippen LogP contribution in [0.4, 0.5) is 26.3 Å². The monoisotopic (exact) mass is 258 g/mol. The molecular weight excluding hydrogens is 246 g/mol. The normalized spacial score (nSPS) is 34.5. The topological polar surface area (TPSA) is 0 Å². The molecule has 0 heterocycles. The molecule has 0 saturated heterocycles. The second kappa shape index (κ2) is 3.65. The molecule has 2 unspecified atom stereocenters. The van der Waals surface area contributed by atoms with E-state index < -0.39 is 29.6 Å². The van der Waals surface area contributed by atoms with Crippen LogP contribution < -0.4 is 0 Å². The molecule has 0 aliphatic heterocycles. The Morgan fingerprint density at radius 2 is 1.12 bits per heavy atom. The minimum absolute atomic E-state index is 0.0276. The summed E-state index contributed by atoms with van der Waals surface area (Å²) in [7, 11) is 0. The maximum Gasteiger partial charge on any atom is 0.403 e. The van der Waals surface area contributed by atoms with Crippen LogP contribution in [0.15, 0.2) is 12.2 Å². The summed E-state index contributed by atoms with van der Waals surface area (Å²) in [5, 5.41) is 0. The average molecular weight is 258 g/mol. The number of fused-ring (bicyclic) bond motifs is 1. The highest BCUT2D eigenvalue weighted by atomic mass is 19.4. The van der Waals surface area contributed by atoms with E-state index in [1.54, 1.807) is 12.2 Å². The van der Waals surface area contributed by atoms with Crippen molar-refractivity contribution in [3.8, 4) is 0 Å². The van der Waals surface area contributed by atoms with Gasteiger partial charge in [-0.3, -0.25) is 0 Å². The summed E-state index contributed by atoms with van der Waals surface area (Å²) in [6.07, 6.45) is -6.49. The Morgan fingerprint density at radius 3 is 1.41 bits per heavy atom. The smallest absolute Gasteiger partial charge is 0.170 e. The average Bonchev–Trinajstić information content (AvgIpc) is 2.69. The van der Waals surface area contributed by atoms with Gasteiger partial charge in [-0.2, -0.15) is 26.3 Å². The highest BCUT2D eigenvalue weighted by Gasteiger charge is 2.88. The third kappa shape index (κ3) is 1.67. The zero-order chi connectivity index (χ0) is 12.9. The third-order valence-electron chi connectivity index (χ3n) is 3.94. The van der Waals surface area contributed by atoms with Crippen molar-refractivity contribution >= 4 is 0 Å². The molecule has 0 spiro atoms. The molecule has 2 aliphatic rings. The number of halogens is 6. The fourth-order valence-electron chi connectivity index (χ4n) is 3.19. The molecule has 6 heteroatoms. The first kappa shape index (κ1) is 12.8. The van der Waals surface area contributed by atoms with Crippen molar-refractivity contribution in [2.75, 3.05) is 0 Å². The van der Waals surface area contributed by atoms with Crippen LogP contribution in [0.2, 0.25) is 0 Å². The first-order valence-electron chi connectivity index (χ1n) is 5.51. The lowest BCUT2D eigenvalue weighted by Crippen LogP contribution is -2.41. The number of allylic oxidation sites excluding steroid dienone is 2. The van der Waals surface area contributed by atoms with E-state index in [4.69, 9.17) is 0 Å². The minimum atomic E-state index is -5.19. The summed E-state index contributed by atoms with van der Waals surface area (Å²) in [6.45, 7) is 0. The van der Waals surface area contributed by atoms with E-state index in [-0.39, 0.29) is 12.8 Å². The number of rotatable bonds is 0. The van der Waals surface area contributed by atoms with Crippen LogP contribution in [0, 0.1) is 17.3 Å². The molecule has 0 amide bonds. The predicted molar refractivity (Wildman–Crippen MR) is 49.1 cm³/mol. The van der Waals surface area contributed by atoms with Crippen LogP contribution in [0.3, 0.4) is 0 Å². The predicted octanol–water partition coefficient (Wildman–Crippen LogP) is 4.47. The third-order valence-corrected chi connectivity index (χ3v) is 3.94. The lowest BCUT2D eigenvalue weighted by molar-refractivity contribution is -0.310. The molecule has 2 aliphatic carbocycles. The van der Waals surface area contributed by atoms with Crippen molar-refractivity contribution in [2.24, 2.45) is 17.3 Å². The van der Waals surface area contributed by atoms with E-state index in [1.165, 1.54) is 0 Å². The largest absolute Gasteiger partial charge is 0.403 e. The summed E-state index contributed by atoms with van der Waals surface area (Å²) in [4.78, 5) is 0. The van der Waals surface area contributed by atoms with Crippen molar-refractivity contribution in [1.29, 1.82) is 0 Å². The Kier molecular flexibility index (Phi) is 2.74. The van der Waals surface area contributed by atoms with Crippen molar-refractivity contribution in [3.63, 3.8) is 0 Å². The summed E-state index contributed by atoms with van der Waals surface area (Å²) < 4.78 is 76.9. The van der Waals surface area contributed by atoms with Gasteiger partial charge in [0.05, 0.1) is 0 Å². The lowest BCUT2D eigenvalue weighted by Gasteiger charge is -2.25. The molecule has 0 aromatic heterocycles. The number of hydrogen-bond donors (Lipinski definition) is 0. The van der Waals surface area contributed by atoms with Crippen LogP contribution in [0.5, 0.6) is 0 Å². The lowest BCUT2D eigenvalue weighted by atomic mass is 9.98. The van der Waals surface area contributed by atoms with Crippen molar-refractivity contribution < 1.29 is 26.3 Å². The zero-order valence-corrected chi connectivity index (χ0v) is 8.91. The molecule has 0 aromatic carbocycles. The van der Waals surface area contributed by atoms with Crippen LogP contribution >= 0.6 is 0 Å². The quantitative estimate of drug-likeness (QED) is 0.444. The summed E-state index contributed by atoms with van der Waals surface area (Å²) in [6, 6.07) is 0. The first-order chi connectivity index (χ1) is 7.73. The van der Waals surface area contributed by atoms with Crippen molar-refractivity contribution in [1.82, 2.24) is 0 Å². The van der Waals surface area contributed by atoms with E-state index in [2.05, 4.69) is 0 Å². The molecule has 2 rings (SSSR count). The van der Waals surface area contributed by atoms with Gasteiger partial charge in [-0.05, 0) is 37.5 Å². The van der Waals surface area contributed by atoms with Gasteiger partial charge in [0.25, 0.3) is 0 Å². The van der Waals surface area contributed by atoms with Gasteiger partial charge in [-0.1, -0.05) is 12.2 Å². The second-order valence-electron chi connectivity index (χ2n) is 4.70. The maximum absolute atomic E-state index is 12.8. The SMILES string of the molecule is FC(F)(F)C1(C(F)(F)F)C2CC/C=C\CCC21. The van der Waals surface area contributed by atoms with Crippen LogP contribution in [0.25, 0.3) is 0 Å². The van der Waals surface area contributed by atoms with Crippen molar-refractivity contribution in [2.45, 2.75) is 38.0 Å². The molecule has 17 heavy (non-hydrogen) atoms. The summed E-state index contributed by atoms with van der Waals surface area (Å²) in [5.74, 6) is -2.57. The van der Waals surface area contributed by atoms with Crippen LogP contribution in [0.1, 0.15) is 25.7 Å². The highest BCUT2D eigenvalue weighted by Crippen LogP contribution is 2.76. The number of hydrogen-bond acceptors (Lipinski definition) is 0. The van der Waals surface area contributed by atoms with Gasteiger partial charge >= 0.3 is 12.4 Å². The molecule has 2 atom stereocenters. The summed E-state index contributed by atoms with van der Waals surface area (Å²) in [5.41, 5.74) is -3.44. The van der Waals surface area contributed by atoms with Gasteiger partial charge in [0.15, 0.2) is 5.41 Å². The standard InChI is InChI=1S/C11H12F6/c12-10(13,14)9(11(15,16)17)7-5-3-1-2-4-6-8(7)9/h1-2,7-8H,3-6H2/b2-1-. The first-order valence-corrected chi connectivity index (χ1v) is 5.51. The van der Waals surface area contributed by atoms with Gasteiger partial charge in [-0.15, -0.1) is 0 Å². The van der Waals surface area contributed by atoms with E-state index >= 15 is 0 Å². The minimum Gasteiger partial charge on any atom is -0.170 e. The molecule has 0 aromatic rings. The van der Waals surface area contributed by atoms with E-state index in [0.29, 0.717) is 12.8 Å². The summed E-state index contributed by atoms with van der Waals surface area (Å²) >= 11 is 0. The van der Waals surface area contributed by atoms with Crippen LogP contribution in [-0.4, -0.2) is 12.4 Å². The van der Waals surface area contributed by atoms with E-state index in [9.17, 15) is 26.3 Å². The fourth-order valence-corrected chi connectivity index (χ4v) is 3.19. The van der Waals surface area contributed by atoms with E-state index in [0.717, 1.165) is 0 Å². The Balaban J connectivity index is 2.33. The molecule has 0 N–H and O–H groups in total. The maximum atomic E-state index is 12.8. The fraction of sp³-hybridized carbons (Fsp3) is 0.818.